The van der Waals surface area contributed by atoms with Crippen molar-refractivity contribution in [1.82, 2.24) is 4.31 Å². The van der Waals surface area contributed by atoms with Crippen LogP contribution in [0, 0.1) is 17.2 Å². The molecule has 0 atom stereocenters. The molecular formula is C15H23FN2O2S. The highest BCUT2D eigenvalue weighted by Gasteiger charge is 2.34. The topological polar surface area (TPSA) is 63.4 Å². The van der Waals surface area contributed by atoms with Gasteiger partial charge in [0.15, 0.2) is 0 Å². The van der Waals surface area contributed by atoms with Gasteiger partial charge in [-0.3, -0.25) is 0 Å². The predicted molar refractivity (Wildman–Crippen MR) is 81.8 cm³/mol. The number of sulfonamides is 1. The Morgan fingerprint density at radius 1 is 1.24 bits per heavy atom. The van der Waals surface area contributed by atoms with Gasteiger partial charge in [-0.1, -0.05) is 20.8 Å². The molecule has 0 bridgehead atoms. The lowest BCUT2D eigenvalue weighted by Crippen LogP contribution is -2.41. The molecule has 1 fully saturated rings. The summed E-state index contributed by atoms with van der Waals surface area (Å²) in [6, 6.07) is 3.57. The largest absolute Gasteiger partial charge is 0.396 e. The summed E-state index contributed by atoms with van der Waals surface area (Å²) in [6.07, 6.45) is 1.69. The minimum absolute atomic E-state index is 0.0654. The molecule has 1 saturated heterocycles. The van der Waals surface area contributed by atoms with Crippen LogP contribution in [0.4, 0.5) is 10.1 Å². The third-order valence-electron chi connectivity index (χ3n) is 4.28. The fourth-order valence-corrected chi connectivity index (χ4v) is 4.30. The van der Waals surface area contributed by atoms with Crippen molar-refractivity contribution in [3.8, 4) is 0 Å². The average Bonchev–Trinajstić information content (AvgIpc) is 2.41. The molecule has 0 aliphatic carbocycles. The van der Waals surface area contributed by atoms with Gasteiger partial charge in [0.1, 0.15) is 5.82 Å². The third-order valence-corrected chi connectivity index (χ3v) is 6.18. The highest BCUT2D eigenvalue weighted by molar-refractivity contribution is 7.89. The molecule has 0 spiro atoms. The quantitative estimate of drug-likeness (QED) is 0.854. The summed E-state index contributed by atoms with van der Waals surface area (Å²) in [5.74, 6) is -0.0809. The van der Waals surface area contributed by atoms with Crippen LogP contribution in [-0.4, -0.2) is 25.8 Å². The summed E-state index contributed by atoms with van der Waals surface area (Å²) in [6.45, 7) is 7.55. The lowest BCUT2D eigenvalue weighted by atomic mass is 9.76. The van der Waals surface area contributed by atoms with Crippen LogP contribution in [0.2, 0.25) is 0 Å². The summed E-state index contributed by atoms with van der Waals surface area (Å²) >= 11 is 0. The van der Waals surface area contributed by atoms with E-state index in [1.54, 1.807) is 0 Å². The van der Waals surface area contributed by atoms with Gasteiger partial charge >= 0.3 is 0 Å². The fraction of sp³-hybridized carbons (Fsp3) is 0.600. The van der Waals surface area contributed by atoms with Gasteiger partial charge in [0.25, 0.3) is 0 Å². The first-order chi connectivity index (χ1) is 9.62. The Morgan fingerprint density at radius 3 is 2.29 bits per heavy atom. The molecule has 1 aliphatic rings. The van der Waals surface area contributed by atoms with Crippen LogP contribution < -0.4 is 5.73 Å². The van der Waals surface area contributed by atoms with Crippen molar-refractivity contribution >= 4 is 15.7 Å². The summed E-state index contributed by atoms with van der Waals surface area (Å²) in [7, 11) is -3.58. The van der Waals surface area contributed by atoms with E-state index in [-0.39, 0.29) is 16.0 Å². The number of nitrogens with zero attached hydrogens (tertiary/aromatic N) is 1. The van der Waals surface area contributed by atoms with Crippen molar-refractivity contribution in [2.75, 3.05) is 18.8 Å². The molecule has 0 aromatic heterocycles. The van der Waals surface area contributed by atoms with E-state index < -0.39 is 15.8 Å². The number of anilines is 1. The Labute approximate surface area is 126 Å². The van der Waals surface area contributed by atoms with Crippen LogP contribution >= 0.6 is 0 Å². The highest BCUT2D eigenvalue weighted by Crippen LogP contribution is 2.35. The number of nitrogens with two attached hydrogens (primary N) is 1. The number of hydrogen-bond acceptors (Lipinski definition) is 3. The van der Waals surface area contributed by atoms with E-state index in [1.165, 1.54) is 16.4 Å². The van der Waals surface area contributed by atoms with Gasteiger partial charge < -0.3 is 5.73 Å². The van der Waals surface area contributed by atoms with Crippen LogP contribution in [-0.2, 0) is 10.0 Å². The van der Waals surface area contributed by atoms with Crippen molar-refractivity contribution < 1.29 is 12.8 Å². The third kappa shape index (κ3) is 3.37. The van der Waals surface area contributed by atoms with Gasteiger partial charge in [0, 0.05) is 13.1 Å². The Bertz CT molecular complexity index is 615. The highest BCUT2D eigenvalue weighted by atomic mass is 32.2. The zero-order chi connectivity index (χ0) is 15.8. The van der Waals surface area contributed by atoms with E-state index in [0.717, 1.165) is 18.9 Å². The lowest BCUT2D eigenvalue weighted by Gasteiger charge is -2.38. The SMILES string of the molecule is CC(C)(C)C1CCN(S(=O)(=O)c2ccc(F)c(N)c2)CC1. The van der Waals surface area contributed by atoms with Crippen molar-refractivity contribution in [3.63, 3.8) is 0 Å². The second-order valence-corrected chi connectivity index (χ2v) is 8.67. The zero-order valence-electron chi connectivity index (χ0n) is 12.8. The van der Waals surface area contributed by atoms with E-state index in [4.69, 9.17) is 5.73 Å². The van der Waals surface area contributed by atoms with E-state index >= 15 is 0 Å². The van der Waals surface area contributed by atoms with E-state index in [1.807, 2.05) is 0 Å². The predicted octanol–water partition coefficient (Wildman–Crippen LogP) is 2.85. The van der Waals surface area contributed by atoms with Gasteiger partial charge in [-0.05, 0) is 42.4 Å². The van der Waals surface area contributed by atoms with E-state index in [0.29, 0.717) is 19.0 Å². The van der Waals surface area contributed by atoms with Gasteiger partial charge in [-0.15, -0.1) is 0 Å². The molecular weight excluding hydrogens is 291 g/mol. The number of halogens is 1. The van der Waals surface area contributed by atoms with Crippen LogP contribution in [0.5, 0.6) is 0 Å². The maximum Gasteiger partial charge on any atom is 0.243 e. The second kappa shape index (κ2) is 5.57. The molecule has 4 nitrogen and oxygen atoms in total. The van der Waals surface area contributed by atoms with Crippen molar-refractivity contribution in [3.05, 3.63) is 24.0 Å². The Hall–Kier alpha value is -1.14. The van der Waals surface area contributed by atoms with Crippen LogP contribution in [0.25, 0.3) is 0 Å². The summed E-state index contributed by atoms with van der Waals surface area (Å²) in [5, 5.41) is 0. The standard InChI is InChI=1S/C15H23FN2O2S/c1-15(2,3)11-6-8-18(9-7-11)21(19,20)12-4-5-13(16)14(17)10-12/h4-5,10-11H,6-9,17H2,1-3H3. The van der Waals surface area contributed by atoms with Crippen molar-refractivity contribution in [2.45, 2.75) is 38.5 Å². The zero-order valence-corrected chi connectivity index (χ0v) is 13.6. The first-order valence-electron chi connectivity index (χ1n) is 7.17. The average molecular weight is 314 g/mol. The minimum Gasteiger partial charge on any atom is -0.396 e. The molecule has 1 aliphatic heterocycles. The van der Waals surface area contributed by atoms with E-state index in [2.05, 4.69) is 20.8 Å². The number of nitrogen functional groups attached to an aromatic ring is 1. The summed E-state index contributed by atoms with van der Waals surface area (Å²) in [5.41, 5.74) is 5.52. The first-order valence-corrected chi connectivity index (χ1v) is 8.61. The molecule has 118 valence electrons. The molecule has 21 heavy (non-hydrogen) atoms. The molecule has 0 saturated carbocycles. The van der Waals surface area contributed by atoms with Crippen molar-refractivity contribution in [1.29, 1.82) is 0 Å². The Kier molecular flexibility index (Phi) is 4.31. The smallest absolute Gasteiger partial charge is 0.243 e. The molecule has 1 aromatic rings. The Balaban J connectivity index is 2.17. The van der Waals surface area contributed by atoms with Gasteiger partial charge in [-0.25, -0.2) is 12.8 Å². The van der Waals surface area contributed by atoms with Crippen LogP contribution in [0.1, 0.15) is 33.6 Å². The molecule has 1 heterocycles. The maximum absolute atomic E-state index is 13.2. The second-order valence-electron chi connectivity index (χ2n) is 6.73. The van der Waals surface area contributed by atoms with Crippen molar-refractivity contribution in [2.24, 2.45) is 11.3 Å². The first kappa shape index (κ1) is 16.2. The monoisotopic (exact) mass is 314 g/mol. The Morgan fingerprint density at radius 2 is 1.81 bits per heavy atom. The molecule has 0 radical (unpaired) electrons. The number of benzene rings is 1. The normalized spacial score (nSPS) is 18.9. The van der Waals surface area contributed by atoms with Gasteiger partial charge in [0.05, 0.1) is 10.6 Å². The van der Waals surface area contributed by atoms with Crippen LogP contribution in [0.3, 0.4) is 0 Å². The summed E-state index contributed by atoms with van der Waals surface area (Å²) < 4.78 is 39.8. The fourth-order valence-electron chi connectivity index (χ4n) is 2.79. The van der Waals surface area contributed by atoms with E-state index in [9.17, 15) is 12.8 Å². The lowest BCUT2D eigenvalue weighted by molar-refractivity contribution is 0.154. The molecule has 0 unspecified atom stereocenters. The number of rotatable bonds is 2. The van der Waals surface area contributed by atoms with Gasteiger partial charge in [-0.2, -0.15) is 4.31 Å². The maximum atomic E-state index is 13.2. The molecule has 6 heteroatoms. The van der Waals surface area contributed by atoms with Crippen LogP contribution in [0.15, 0.2) is 23.1 Å². The molecule has 2 rings (SSSR count). The number of hydrogen-bond donors (Lipinski definition) is 1. The minimum atomic E-state index is -3.58. The van der Waals surface area contributed by atoms with Gasteiger partial charge in [0.2, 0.25) is 10.0 Å². The summed E-state index contributed by atoms with van der Waals surface area (Å²) in [4.78, 5) is 0.0654. The molecule has 1 aromatic carbocycles. The number of piperidine rings is 1. The molecule has 0 amide bonds. The molecule has 2 N–H and O–H groups in total.